The molecular weight excluding hydrogens is 502 g/mol. The van der Waals surface area contributed by atoms with Gasteiger partial charge in [-0.2, -0.15) is 10.4 Å². The Bertz CT molecular complexity index is 1170. The van der Waals surface area contributed by atoms with Crippen molar-refractivity contribution in [2.45, 2.75) is 102 Å². The van der Waals surface area contributed by atoms with Crippen molar-refractivity contribution in [1.82, 2.24) is 19.9 Å². The second-order valence-electron chi connectivity index (χ2n) is 11.4. The Morgan fingerprint density at radius 2 is 1.97 bits per heavy atom. The zero-order valence-corrected chi connectivity index (χ0v) is 22.9. The van der Waals surface area contributed by atoms with E-state index in [2.05, 4.69) is 26.2 Å². The summed E-state index contributed by atoms with van der Waals surface area (Å²) in [6.07, 6.45) is 2.48. The fourth-order valence-corrected chi connectivity index (χ4v) is 4.83. The average Bonchev–Trinajstić information content (AvgIpc) is 3.18. The van der Waals surface area contributed by atoms with Crippen molar-refractivity contribution >= 4 is 22.7 Å². The third kappa shape index (κ3) is 7.92. The molecule has 1 fully saturated rings. The first kappa shape index (κ1) is 28.9. The molecule has 2 aromatic rings. The van der Waals surface area contributed by atoms with Crippen molar-refractivity contribution in [2.75, 3.05) is 0 Å². The van der Waals surface area contributed by atoms with Crippen molar-refractivity contribution in [3.05, 3.63) is 34.4 Å². The van der Waals surface area contributed by atoms with Crippen LogP contribution in [-0.2, 0) is 15.7 Å². The van der Waals surface area contributed by atoms with Crippen LogP contribution < -0.4 is 5.32 Å². The molecule has 9 nitrogen and oxygen atoms in total. The minimum Gasteiger partial charge on any atom is -0.568 e. The number of carbonyl (C=O) groups excluding carboxylic acids is 1. The molecule has 0 saturated heterocycles. The van der Waals surface area contributed by atoms with E-state index >= 15 is 0 Å². The van der Waals surface area contributed by atoms with Gasteiger partial charge in [0.1, 0.15) is 5.60 Å². The van der Waals surface area contributed by atoms with Crippen LogP contribution in [0.1, 0.15) is 97.0 Å². The van der Waals surface area contributed by atoms with Gasteiger partial charge in [-0.15, -0.1) is 0 Å². The second kappa shape index (κ2) is 11.0. The van der Waals surface area contributed by atoms with Crippen LogP contribution in [0.4, 0.5) is 13.6 Å². The van der Waals surface area contributed by atoms with E-state index < -0.39 is 45.4 Å². The number of aromatic nitrogens is 3. The highest BCUT2D eigenvalue weighted by molar-refractivity contribution is 7.89. The summed E-state index contributed by atoms with van der Waals surface area (Å²) in [5.74, 6) is -2.97. The lowest BCUT2D eigenvalue weighted by Crippen LogP contribution is -2.40. The summed E-state index contributed by atoms with van der Waals surface area (Å²) >= 11 is 0. The van der Waals surface area contributed by atoms with E-state index in [1.54, 1.807) is 60.0 Å². The number of alkyl carbamates (subject to hydrolysis) is 1. The number of amides is 1. The fourth-order valence-electron chi connectivity index (χ4n) is 4.08. The molecule has 0 aromatic carbocycles. The molecule has 204 valence electrons. The van der Waals surface area contributed by atoms with E-state index in [1.807, 2.05) is 0 Å². The molecule has 1 aliphatic carbocycles. The van der Waals surface area contributed by atoms with Crippen molar-refractivity contribution in [1.29, 1.82) is 5.26 Å². The molecule has 0 spiro atoms. The van der Waals surface area contributed by atoms with Crippen LogP contribution >= 0.6 is 0 Å². The summed E-state index contributed by atoms with van der Waals surface area (Å²) in [4.78, 5) is 17.3. The van der Waals surface area contributed by atoms with Gasteiger partial charge >= 0.3 is 6.09 Å². The molecule has 1 aliphatic rings. The minimum atomic E-state index is -2.71. The van der Waals surface area contributed by atoms with Crippen LogP contribution in [0.3, 0.4) is 0 Å². The number of alkyl halides is 2. The summed E-state index contributed by atoms with van der Waals surface area (Å²) < 4.78 is 51.0. The largest absolute Gasteiger partial charge is 0.568 e. The molecule has 3 rings (SSSR count). The summed E-state index contributed by atoms with van der Waals surface area (Å²) in [7, 11) is -1.53. The van der Waals surface area contributed by atoms with E-state index in [0.717, 1.165) is 0 Å². The molecule has 2 aromatic heterocycles. The molecule has 37 heavy (non-hydrogen) atoms. The number of nitriles is 1. The predicted octanol–water partition coefficient (Wildman–Crippen LogP) is 5.91. The quantitative estimate of drug-likeness (QED) is 0.468. The highest BCUT2D eigenvalue weighted by Crippen LogP contribution is 2.41. The van der Waals surface area contributed by atoms with Crippen molar-refractivity contribution in [3.8, 4) is 6.07 Å². The zero-order chi connectivity index (χ0) is 27.6. The third-order valence-electron chi connectivity index (χ3n) is 6.00. The fraction of sp³-hybridized carbons (Fsp3) is 0.680. The van der Waals surface area contributed by atoms with Gasteiger partial charge in [0, 0.05) is 30.2 Å². The zero-order valence-electron chi connectivity index (χ0n) is 22.1. The number of imidazole rings is 1. The van der Waals surface area contributed by atoms with Crippen LogP contribution in [0.15, 0.2) is 18.5 Å². The van der Waals surface area contributed by atoms with E-state index in [4.69, 9.17) is 4.74 Å². The number of halogens is 2. The van der Waals surface area contributed by atoms with Crippen LogP contribution in [-0.4, -0.2) is 41.2 Å². The maximum atomic E-state index is 13.8. The Hall–Kier alpha value is -2.65. The Morgan fingerprint density at radius 1 is 1.32 bits per heavy atom. The topological polar surface area (TPSA) is 123 Å². The third-order valence-corrected chi connectivity index (χ3v) is 7.49. The smallest absolute Gasteiger partial charge is 0.408 e. The second-order valence-corrected chi connectivity index (χ2v) is 13.4. The van der Waals surface area contributed by atoms with Crippen LogP contribution in [0, 0.1) is 17.2 Å². The Kier molecular flexibility index (Phi) is 8.59. The van der Waals surface area contributed by atoms with Crippen LogP contribution in [0.2, 0.25) is 0 Å². The molecular formula is C25H35F2N6O3S-. The molecule has 0 bridgehead atoms. The van der Waals surface area contributed by atoms with Gasteiger partial charge in [0.15, 0.2) is 5.65 Å². The van der Waals surface area contributed by atoms with Gasteiger partial charge in [-0.1, -0.05) is 37.8 Å². The summed E-state index contributed by atoms with van der Waals surface area (Å²) in [5.41, 5.74) is 0.760. The predicted molar refractivity (Wildman–Crippen MR) is 136 cm³/mol. The molecule has 12 heteroatoms. The van der Waals surface area contributed by atoms with E-state index in [0.29, 0.717) is 16.9 Å². The standard InChI is InChI=1S/C25H35F2N6O3S/c1-23(2,3)36-22(34)31-21(16-7-10-25(26,27)11-8-16)19-15-33-20(30-19)13-17(14-29-33)18(9-12-28)32-37(35)24(4,5)6/h13-16,18,21H,7-11H2,1-6H3,(H,31,34)/q-1/t18-,21-,37?/m0/s1. The first-order chi connectivity index (χ1) is 17.1. The number of nitrogens with zero attached hydrogens (tertiary/aromatic N) is 5. The molecule has 0 radical (unpaired) electrons. The van der Waals surface area contributed by atoms with Crippen molar-refractivity contribution in [3.63, 3.8) is 0 Å². The SMILES string of the molecule is CC(C)(C)OC(=O)N[C@H](c1cn2ncc([C@H](CC#N)[N-]S(=O)C(C)(C)C)cc2n1)C1CCC(F)(F)CC1. The van der Waals surface area contributed by atoms with Crippen molar-refractivity contribution < 1.29 is 22.5 Å². The molecule has 1 amide bonds. The molecule has 1 unspecified atom stereocenters. The van der Waals surface area contributed by atoms with E-state index in [-0.39, 0.29) is 38.0 Å². The Balaban J connectivity index is 1.92. The van der Waals surface area contributed by atoms with Gasteiger partial charge < -0.3 is 14.8 Å². The summed E-state index contributed by atoms with van der Waals surface area (Å²) in [5, 5.41) is 16.5. The maximum Gasteiger partial charge on any atom is 0.408 e. The molecule has 1 saturated carbocycles. The van der Waals surface area contributed by atoms with Crippen molar-refractivity contribution in [2.24, 2.45) is 5.92 Å². The lowest BCUT2D eigenvalue weighted by Gasteiger charge is -2.35. The maximum absolute atomic E-state index is 13.8. The number of hydrogen-bond donors (Lipinski definition) is 1. The summed E-state index contributed by atoms with van der Waals surface area (Å²) in [6.45, 7) is 10.6. The minimum absolute atomic E-state index is 0.0202. The lowest BCUT2D eigenvalue weighted by molar-refractivity contribution is -0.0500. The number of hydrogen-bond acceptors (Lipinski definition) is 6. The number of fused-ring (bicyclic) bond motifs is 1. The highest BCUT2D eigenvalue weighted by Gasteiger charge is 2.39. The molecule has 2 heterocycles. The van der Waals surface area contributed by atoms with Gasteiger partial charge in [-0.3, -0.25) is 4.21 Å². The summed E-state index contributed by atoms with van der Waals surface area (Å²) in [6, 6.07) is 2.49. The monoisotopic (exact) mass is 537 g/mol. The first-order valence-corrected chi connectivity index (χ1v) is 13.4. The average molecular weight is 538 g/mol. The van der Waals surface area contributed by atoms with Crippen LogP contribution in [0.25, 0.3) is 10.4 Å². The number of nitrogens with one attached hydrogen (secondary N) is 1. The first-order valence-electron chi connectivity index (χ1n) is 12.3. The number of ether oxygens (including phenoxy) is 1. The molecule has 0 aliphatic heterocycles. The van der Waals surface area contributed by atoms with E-state index in [9.17, 15) is 23.0 Å². The molecule has 1 N–H and O–H groups in total. The van der Waals surface area contributed by atoms with Gasteiger partial charge in [0.25, 0.3) is 0 Å². The van der Waals surface area contributed by atoms with Gasteiger partial charge in [-0.25, -0.2) is 23.1 Å². The normalized spacial score (nSPS) is 19.1. The van der Waals surface area contributed by atoms with Gasteiger partial charge in [-0.05, 0) is 51.2 Å². The van der Waals surface area contributed by atoms with E-state index in [1.165, 1.54) is 4.52 Å². The van der Waals surface area contributed by atoms with Gasteiger partial charge in [0.05, 0.1) is 24.0 Å². The Morgan fingerprint density at radius 3 is 2.54 bits per heavy atom. The Labute approximate surface area is 218 Å². The van der Waals surface area contributed by atoms with Gasteiger partial charge in [0.2, 0.25) is 5.92 Å². The number of rotatable bonds is 7. The van der Waals surface area contributed by atoms with Crippen LogP contribution in [0.5, 0.6) is 0 Å². The highest BCUT2D eigenvalue weighted by atomic mass is 32.2. The number of carbonyl (C=O) groups is 1. The molecule has 3 atom stereocenters. The lowest BCUT2D eigenvalue weighted by atomic mass is 9.81.